The number of hydrogen-bond donors (Lipinski definition) is 0. The third-order valence-corrected chi connectivity index (χ3v) is 4.51. The molecule has 3 rings (SSSR count). The van der Waals surface area contributed by atoms with Gasteiger partial charge in [0, 0.05) is 40.5 Å². The van der Waals surface area contributed by atoms with Crippen LogP contribution in [0.25, 0.3) is 0 Å². The number of nitrogens with zero attached hydrogens (tertiary/aromatic N) is 2. The zero-order valence-corrected chi connectivity index (χ0v) is 14.3. The molecule has 0 radical (unpaired) electrons. The molecule has 2 nitrogen and oxygen atoms in total. The van der Waals surface area contributed by atoms with Crippen LogP contribution in [0.15, 0.2) is 47.5 Å². The molecule has 0 fully saturated rings. The SMILES string of the molecule is CN1CC(Cl)CN=C(c2ccccc2Cl)c2cc(Cl)ccc21. The van der Waals surface area contributed by atoms with Gasteiger partial charge in [-0.05, 0) is 24.3 Å². The summed E-state index contributed by atoms with van der Waals surface area (Å²) < 4.78 is 0. The van der Waals surface area contributed by atoms with Crippen molar-refractivity contribution < 1.29 is 0 Å². The molecule has 0 saturated carbocycles. The summed E-state index contributed by atoms with van der Waals surface area (Å²) in [6.45, 7) is 1.27. The fourth-order valence-electron chi connectivity index (χ4n) is 2.64. The van der Waals surface area contributed by atoms with E-state index in [4.69, 9.17) is 39.8 Å². The second kappa shape index (κ2) is 6.49. The maximum Gasteiger partial charge on any atom is 0.0755 e. The highest BCUT2D eigenvalue weighted by atomic mass is 35.5. The summed E-state index contributed by atoms with van der Waals surface area (Å²) in [6, 6.07) is 13.5. The molecule has 0 bridgehead atoms. The van der Waals surface area contributed by atoms with Crippen LogP contribution in [0.2, 0.25) is 10.0 Å². The maximum atomic E-state index is 6.37. The number of halogens is 3. The zero-order chi connectivity index (χ0) is 15.7. The van der Waals surface area contributed by atoms with Crippen LogP contribution in [0, 0.1) is 0 Å². The number of anilines is 1. The van der Waals surface area contributed by atoms with Gasteiger partial charge in [0.1, 0.15) is 0 Å². The van der Waals surface area contributed by atoms with E-state index in [1.54, 1.807) is 0 Å². The smallest absolute Gasteiger partial charge is 0.0755 e. The van der Waals surface area contributed by atoms with Gasteiger partial charge in [0.15, 0.2) is 0 Å². The fourth-order valence-corrected chi connectivity index (χ4v) is 3.32. The van der Waals surface area contributed by atoms with E-state index in [0.717, 1.165) is 29.1 Å². The van der Waals surface area contributed by atoms with Gasteiger partial charge >= 0.3 is 0 Å². The molecule has 2 aromatic carbocycles. The Morgan fingerprint density at radius 3 is 2.64 bits per heavy atom. The number of fused-ring (bicyclic) bond motifs is 1. The van der Waals surface area contributed by atoms with Crippen molar-refractivity contribution in [2.75, 3.05) is 25.0 Å². The lowest BCUT2D eigenvalue weighted by Gasteiger charge is -2.28. The number of rotatable bonds is 1. The highest BCUT2D eigenvalue weighted by Crippen LogP contribution is 2.30. The Morgan fingerprint density at radius 1 is 1.09 bits per heavy atom. The standard InChI is InChI=1S/C17H15Cl3N2/c1-22-10-12(19)9-21-17(13-4-2-3-5-15(13)20)14-8-11(18)6-7-16(14)22/h2-8,12H,9-10H2,1H3. The minimum absolute atomic E-state index is 0.0497. The molecule has 1 atom stereocenters. The minimum atomic E-state index is -0.0497. The first kappa shape index (κ1) is 15.7. The average Bonchev–Trinajstić information content (AvgIpc) is 2.48. The molecule has 2 aromatic rings. The third kappa shape index (κ3) is 3.10. The maximum absolute atomic E-state index is 6.37. The molecule has 5 heteroatoms. The van der Waals surface area contributed by atoms with E-state index in [1.165, 1.54) is 0 Å². The molecule has 1 unspecified atom stereocenters. The monoisotopic (exact) mass is 352 g/mol. The molecular weight excluding hydrogens is 339 g/mol. The van der Waals surface area contributed by atoms with Crippen molar-refractivity contribution in [2.24, 2.45) is 4.99 Å². The van der Waals surface area contributed by atoms with Crippen molar-refractivity contribution in [3.8, 4) is 0 Å². The van der Waals surface area contributed by atoms with E-state index >= 15 is 0 Å². The van der Waals surface area contributed by atoms with Crippen molar-refractivity contribution in [1.29, 1.82) is 0 Å². The summed E-state index contributed by atoms with van der Waals surface area (Å²) in [5.41, 5.74) is 3.76. The van der Waals surface area contributed by atoms with Gasteiger partial charge in [-0.15, -0.1) is 11.6 Å². The molecule has 1 aliphatic rings. The summed E-state index contributed by atoms with van der Waals surface area (Å²) in [7, 11) is 2.03. The summed E-state index contributed by atoms with van der Waals surface area (Å²) >= 11 is 18.9. The molecule has 22 heavy (non-hydrogen) atoms. The molecule has 0 amide bonds. The van der Waals surface area contributed by atoms with Crippen LogP contribution < -0.4 is 4.90 Å². The number of hydrogen-bond acceptors (Lipinski definition) is 2. The molecule has 0 spiro atoms. The first-order valence-electron chi connectivity index (χ1n) is 7.00. The number of alkyl halides is 1. The Labute approximate surface area is 145 Å². The lowest BCUT2D eigenvalue weighted by atomic mass is 9.99. The van der Waals surface area contributed by atoms with Gasteiger partial charge in [0.25, 0.3) is 0 Å². The van der Waals surface area contributed by atoms with Gasteiger partial charge < -0.3 is 4.90 Å². The van der Waals surface area contributed by atoms with Gasteiger partial charge in [-0.3, -0.25) is 4.99 Å². The predicted octanol–water partition coefficient (Wildman–Crippen LogP) is 4.89. The summed E-state index contributed by atoms with van der Waals surface area (Å²) in [5, 5.41) is 1.29. The van der Waals surface area contributed by atoms with E-state index < -0.39 is 0 Å². The normalized spacial score (nSPS) is 18.3. The van der Waals surface area contributed by atoms with Gasteiger partial charge in [0.2, 0.25) is 0 Å². The molecular formula is C17H15Cl3N2. The van der Waals surface area contributed by atoms with E-state index in [9.17, 15) is 0 Å². The van der Waals surface area contributed by atoms with Crippen LogP contribution in [0.1, 0.15) is 11.1 Å². The minimum Gasteiger partial charge on any atom is -0.372 e. The van der Waals surface area contributed by atoms with E-state index in [-0.39, 0.29) is 5.38 Å². The molecule has 0 aromatic heterocycles. The first-order chi connectivity index (χ1) is 10.6. The highest BCUT2D eigenvalue weighted by Gasteiger charge is 2.21. The topological polar surface area (TPSA) is 15.6 Å². The Hall–Kier alpha value is -1.22. The van der Waals surface area contributed by atoms with E-state index in [0.29, 0.717) is 16.6 Å². The van der Waals surface area contributed by atoms with Gasteiger partial charge in [0.05, 0.1) is 17.6 Å². The zero-order valence-electron chi connectivity index (χ0n) is 12.1. The Kier molecular flexibility index (Phi) is 4.62. The van der Waals surface area contributed by atoms with Crippen LogP contribution in [0.3, 0.4) is 0 Å². The van der Waals surface area contributed by atoms with Crippen molar-refractivity contribution in [3.05, 3.63) is 63.6 Å². The van der Waals surface area contributed by atoms with Gasteiger partial charge in [-0.1, -0.05) is 41.4 Å². The predicted molar refractivity (Wildman–Crippen MR) is 96.3 cm³/mol. The van der Waals surface area contributed by atoms with E-state index in [2.05, 4.69) is 4.90 Å². The molecule has 1 aliphatic heterocycles. The summed E-state index contributed by atoms with van der Waals surface area (Å²) in [5.74, 6) is 0. The van der Waals surface area contributed by atoms with Crippen LogP contribution >= 0.6 is 34.8 Å². The molecule has 1 heterocycles. The van der Waals surface area contributed by atoms with Gasteiger partial charge in [-0.2, -0.15) is 0 Å². The fraction of sp³-hybridized carbons (Fsp3) is 0.235. The molecule has 114 valence electrons. The van der Waals surface area contributed by atoms with Crippen LogP contribution in [0.5, 0.6) is 0 Å². The van der Waals surface area contributed by atoms with Gasteiger partial charge in [-0.25, -0.2) is 0 Å². The largest absolute Gasteiger partial charge is 0.372 e. The van der Waals surface area contributed by atoms with Crippen LogP contribution in [-0.2, 0) is 0 Å². The molecule has 0 saturated heterocycles. The third-order valence-electron chi connectivity index (χ3n) is 3.67. The molecule has 0 aliphatic carbocycles. The Morgan fingerprint density at radius 2 is 1.86 bits per heavy atom. The van der Waals surface area contributed by atoms with Crippen molar-refractivity contribution >= 4 is 46.2 Å². The second-order valence-corrected chi connectivity index (χ2v) is 6.77. The molecule has 0 N–H and O–H groups in total. The average molecular weight is 354 g/mol. The van der Waals surface area contributed by atoms with Crippen LogP contribution in [0.4, 0.5) is 5.69 Å². The first-order valence-corrected chi connectivity index (χ1v) is 8.20. The van der Waals surface area contributed by atoms with Crippen molar-refractivity contribution in [2.45, 2.75) is 5.38 Å². The summed E-state index contributed by atoms with van der Waals surface area (Å²) in [6.07, 6.45) is 0. The van der Waals surface area contributed by atoms with E-state index in [1.807, 2.05) is 49.5 Å². The number of benzene rings is 2. The lowest BCUT2D eigenvalue weighted by Crippen LogP contribution is -2.31. The van der Waals surface area contributed by atoms with Crippen molar-refractivity contribution in [1.82, 2.24) is 0 Å². The lowest BCUT2D eigenvalue weighted by molar-refractivity contribution is 0.798. The van der Waals surface area contributed by atoms with Crippen molar-refractivity contribution in [3.63, 3.8) is 0 Å². The quantitative estimate of drug-likeness (QED) is 0.667. The Balaban J connectivity index is 2.23. The Bertz CT molecular complexity index is 728. The van der Waals surface area contributed by atoms with Crippen LogP contribution in [-0.4, -0.2) is 31.2 Å². The second-order valence-electron chi connectivity index (χ2n) is 5.31. The highest BCUT2D eigenvalue weighted by molar-refractivity contribution is 6.36. The summed E-state index contributed by atoms with van der Waals surface area (Å²) in [4.78, 5) is 6.86. The number of aliphatic imine (C=N–C) groups is 1.